The van der Waals surface area contributed by atoms with Crippen molar-refractivity contribution in [2.45, 2.75) is 36.6 Å². The minimum atomic E-state index is -3.63. The Bertz CT molecular complexity index is 697. The zero-order valence-electron chi connectivity index (χ0n) is 12.9. The SMILES string of the molecule is O=C(O)CCC(=O)N1CCC(NS(=O)(=O)c2ccc(Cl)cc2)CC1. The normalized spacial score (nSPS) is 16.1. The first-order valence-corrected chi connectivity index (χ1v) is 9.41. The molecule has 1 aliphatic rings. The Morgan fingerprint density at radius 1 is 1.17 bits per heavy atom. The quantitative estimate of drug-likeness (QED) is 0.784. The van der Waals surface area contributed by atoms with Crippen LogP contribution in [0.5, 0.6) is 0 Å². The maximum Gasteiger partial charge on any atom is 0.303 e. The van der Waals surface area contributed by atoms with E-state index < -0.39 is 16.0 Å². The summed E-state index contributed by atoms with van der Waals surface area (Å²) >= 11 is 5.76. The third kappa shape index (κ3) is 5.19. The molecule has 1 aromatic rings. The number of likely N-dealkylation sites (tertiary alicyclic amines) is 1. The molecular weight excluding hydrogens is 356 g/mol. The average Bonchev–Trinajstić information content (AvgIpc) is 2.53. The van der Waals surface area contributed by atoms with Crippen LogP contribution in [0.4, 0.5) is 0 Å². The van der Waals surface area contributed by atoms with Crippen molar-refractivity contribution in [3.8, 4) is 0 Å². The molecule has 24 heavy (non-hydrogen) atoms. The van der Waals surface area contributed by atoms with E-state index in [1.165, 1.54) is 24.3 Å². The number of carboxylic acids is 1. The van der Waals surface area contributed by atoms with E-state index in [1.807, 2.05) is 0 Å². The highest BCUT2D eigenvalue weighted by Gasteiger charge is 2.26. The summed E-state index contributed by atoms with van der Waals surface area (Å²) in [6, 6.07) is 5.65. The molecule has 1 heterocycles. The average molecular weight is 375 g/mol. The number of nitrogens with one attached hydrogen (secondary N) is 1. The van der Waals surface area contributed by atoms with E-state index >= 15 is 0 Å². The first-order valence-electron chi connectivity index (χ1n) is 7.55. The molecule has 7 nitrogen and oxygen atoms in total. The van der Waals surface area contributed by atoms with Crippen LogP contribution in [-0.2, 0) is 19.6 Å². The predicted molar refractivity (Wildman–Crippen MR) is 88.2 cm³/mol. The van der Waals surface area contributed by atoms with Gasteiger partial charge in [-0.05, 0) is 37.1 Å². The van der Waals surface area contributed by atoms with Gasteiger partial charge in [0.1, 0.15) is 0 Å². The first kappa shape index (κ1) is 18.7. The predicted octanol–water partition coefficient (Wildman–Crippen LogP) is 1.47. The molecule has 1 fully saturated rings. The number of piperidine rings is 1. The summed E-state index contributed by atoms with van der Waals surface area (Å²) in [5.41, 5.74) is 0. The largest absolute Gasteiger partial charge is 0.481 e. The lowest BCUT2D eigenvalue weighted by Gasteiger charge is -2.32. The smallest absolute Gasteiger partial charge is 0.303 e. The second-order valence-corrected chi connectivity index (χ2v) is 7.77. The fourth-order valence-corrected chi connectivity index (χ4v) is 3.95. The van der Waals surface area contributed by atoms with Crippen molar-refractivity contribution in [1.82, 2.24) is 9.62 Å². The lowest BCUT2D eigenvalue weighted by atomic mass is 10.1. The molecule has 1 aliphatic heterocycles. The zero-order valence-corrected chi connectivity index (χ0v) is 14.5. The minimum absolute atomic E-state index is 0.0312. The van der Waals surface area contributed by atoms with Gasteiger partial charge in [0.2, 0.25) is 15.9 Å². The second kappa shape index (κ2) is 7.96. The van der Waals surface area contributed by atoms with Crippen LogP contribution < -0.4 is 4.72 Å². The summed E-state index contributed by atoms with van der Waals surface area (Å²) in [4.78, 5) is 24.1. The summed E-state index contributed by atoms with van der Waals surface area (Å²) in [7, 11) is -3.63. The molecule has 2 rings (SSSR count). The van der Waals surface area contributed by atoms with E-state index in [-0.39, 0.29) is 29.7 Å². The standard InChI is InChI=1S/C15H19ClN2O5S/c16-11-1-3-13(4-2-11)24(22,23)17-12-7-9-18(10-8-12)14(19)5-6-15(20)21/h1-4,12,17H,5-10H2,(H,20,21). The molecule has 0 aromatic heterocycles. The number of sulfonamides is 1. The maximum absolute atomic E-state index is 12.3. The molecule has 9 heteroatoms. The molecule has 0 unspecified atom stereocenters. The molecule has 1 amide bonds. The van der Waals surface area contributed by atoms with Crippen LogP contribution in [0.15, 0.2) is 29.2 Å². The fraction of sp³-hybridized carbons (Fsp3) is 0.467. The number of aliphatic carboxylic acids is 1. The Hall–Kier alpha value is -1.64. The second-order valence-electron chi connectivity index (χ2n) is 5.62. The number of hydrogen-bond donors (Lipinski definition) is 2. The van der Waals surface area contributed by atoms with Crippen LogP contribution >= 0.6 is 11.6 Å². The maximum atomic E-state index is 12.3. The van der Waals surface area contributed by atoms with Crippen molar-refractivity contribution in [3.05, 3.63) is 29.3 Å². The molecule has 0 radical (unpaired) electrons. The zero-order chi connectivity index (χ0) is 17.7. The van der Waals surface area contributed by atoms with Gasteiger partial charge in [-0.3, -0.25) is 9.59 Å². The third-order valence-electron chi connectivity index (χ3n) is 3.85. The molecule has 1 aromatic carbocycles. The number of carboxylic acid groups (broad SMARTS) is 1. The summed E-state index contributed by atoms with van der Waals surface area (Å²) in [6.07, 6.45) is 0.760. The molecule has 132 valence electrons. The molecule has 0 saturated carbocycles. The number of hydrogen-bond acceptors (Lipinski definition) is 4. The monoisotopic (exact) mass is 374 g/mol. The highest BCUT2D eigenvalue weighted by Crippen LogP contribution is 2.17. The molecular formula is C15H19ClN2O5S. The van der Waals surface area contributed by atoms with E-state index in [0.717, 1.165) is 0 Å². The van der Waals surface area contributed by atoms with Gasteiger partial charge in [-0.2, -0.15) is 0 Å². The molecule has 2 N–H and O–H groups in total. The third-order valence-corrected chi connectivity index (χ3v) is 5.63. The Balaban J connectivity index is 1.87. The fourth-order valence-electron chi connectivity index (χ4n) is 2.52. The van der Waals surface area contributed by atoms with Gasteiger partial charge in [0.15, 0.2) is 0 Å². The number of amides is 1. The minimum Gasteiger partial charge on any atom is -0.481 e. The van der Waals surface area contributed by atoms with Crippen molar-refractivity contribution >= 4 is 33.5 Å². The van der Waals surface area contributed by atoms with Crippen LogP contribution in [0.2, 0.25) is 5.02 Å². The van der Waals surface area contributed by atoms with Gasteiger partial charge in [0.05, 0.1) is 11.3 Å². The van der Waals surface area contributed by atoms with E-state index in [4.69, 9.17) is 16.7 Å². The number of benzene rings is 1. The molecule has 1 saturated heterocycles. The number of halogens is 1. The van der Waals surface area contributed by atoms with Crippen LogP contribution in [0.25, 0.3) is 0 Å². The summed E-state index contributed by atoms with van der Waals surface area (Å²) in [6.45, 7) is 0.818. The van der Waals surface area contributed by atoms with Gasteiger partial charge < -0.3 is 10.0 Å². The summed E-state index contributed by atoms with van der Waals surface area (Å²) in [5, 5.41) is 9.06. The van der Waals surface area contributed by atoms with Crippen LogP contribution in [0, 0.1) is 0 Å². The van der Waals surface area contributed by atoms with Gasteiger partial charge >= 0.3 is 5.97 Å². The molecule has 0 spiro atoms. The van der Waals surface area contributed by atoms with E-state index in [2.05, 4.69) is 4.72 Å². The van der Waals surface area contributed by atoms with Crippen molar-refractivity contribution in [2.24, 2.45) is 0 Å². The van der Waals surface area contributed by atoms with Crippen LogP contribution in [-0.4, -0.2) is 49.4 Å². The first-order chi connectivity index (χ1) is 11.3. The molecule has 0 atom stereocenters. The van der Waals surface area contributed by atoms with E-state index in [1.54, 1.807) is 4.90 Å². The van der Waals surface area contributed by atoms with Crippen molar-refractivity contribution < 1.29 is 23.1 Å². The highest BCUT2D eigenvalue weighted by molar-refractivity contribution is 7.89. The number of nitrogens with zero attached hydrogens (tertiary/aromatic N) is 1. The van der Waals surface area contributed by atoms with E-state index in [9.17, 15) is 18.0 Å². The Labute approximate surface area is 145 Å². The van der Waals surface area contributed by atoms with Gasteiger partial charge in [0, 0.05) is 30.6 Å². The van der Waals surface area contributed by atoms with Crippen molar-refractivity contribution in [2.75, 3.05) is 13.1 Å². The number of carbonyl (C=O) groups is 2. The topological polar surface area (TPSA) is 104 Å². The Kier molecular flexibility index (Phi) is 6.20. The van der Waals surface area contributed by atoms with Gasteiger partial charge in [-0.25, -0.2) is 13.1 Å². The van der Waals surface area contributed by atoms with Gasteiger partial charge in [0.25, 0.3) is 0 Å². The number of rotatable bonds is 6. The Morgan fingerprint density at radius 2 is 1.75 bits per heavy atom. The van der Waals surface area contributed by atoms with E-state index in [0.29, 0.717) is 31.0 Å². The lowest BCUT2D eigenvalue weighted by Crippen LogP contribution is -2.46. The van der Waals surface area contributed by atoms with Crippen LogP contribution in [0.3, 0.4) is 0 Å². The Morgan fingerprint density at radius 3 is 2.29 bits per heavy atom. The number of carbonyl (C=O) groups excluding carboxylic acids is 1. The molecule has 0 bridgehead atoms. The van der Waals surface area contributed by atoms with Crippen LogP contribution in [0.1, 0.15) is 25.7 Å². The summed E-state index contributed by atoms with van der Waals surface area (Å²) < 4.78 is 27.2. The van der Waals surface area contributed by atoms with Crippen molar-refractivity contribution in [3.63, 3.8) is 0 Å². The van der Waals surface area contributed by atoms with Crippen molar-refractivity contribution in [1.29, 1.82) is 0 Å². The highest BCUT2D eigenvalue weighted by atomic mass is 35.5. The van der Waals surface area contributed by atoms with Gasteiger partial charge in [-0.1, -0.05) is 11.6 Å². The van der Waals surface area contributed by atoms with Gasteiger partial charge in [-0.15, -0.1) is 0 Å². The lowest BCUT2D eigenvalue weighted by molar-refractivity contribution is -0.141. The summed E-state index contributed by atoms with van der Waals surface area (Å²) in [5.74, 6) is -1.22. The molecule has 0 aliphatic carbocycles.